The molecule has 2 aromatic rings. The molecule has 1 aromatic carbocycles. The minimum Gasteiger partial charge on any atom is -0.462 e. The van der Waals surface area contributed by atoms with Gasteiger partial charge in [-0.3, -0.25) is 0 Å². The van der Waals surface area contributed by atoms with E-state index in [1.807, 2.05) is 6.92 Å². The number of hydrogen-bond donors (Lipinski definition) is 0. The first-order valence-corrected chi connectivity index (χ1v) is 8.10. The average molecular weight is 304 g/mol. The van der Waals surface area contributed by atoms with Crippen molar-refractivity contribution >= 4 is 17.3 Å². The number of rotatable bonds is 3. The van der Waals surface area contributed by atoms with E-state index in [4.69, 9.17) is 4.74 Å². The molecule has 0 aliphatic heterocycles. The lowest BCUT2D eigenvalue weighted by atomic mass is 9.94. The number of carbonyl (C=O) groups excluding carboxylic acids is 1. The van der Waals surface area contributed by atoms with Crippen molar-refractivity contribution in [1.82, 2.24) is 0 Å². The van der Waals surface area contributed by atoms with E-state index < -0.39 is 0 Å². The fourth-order valence-electron chi connectivity index (χ4n) is 2.79. The van der Waals surface area contributed by atoms with Crippen molar-refractivity contribution in [2.45, 2.75) is 32.6 Å². The van der Waals surface area contributed by atoms with Crippen LogP contribution in [0.3, 0.4) is 0 Å². The number of fused-ring (bicyclic) bond motifs is 1. The van der Waals surface area contributed by atoms with Crippen molar-refractivity contribution in [2.75, 3.05) is 6.61 Å². The van der Waals surface area contributed by atoms with E-state index in [1.165, 1.54) is 23.4 Å². The smallest absolute Gasteiger partial charge is 0.339 e. The second-order valence-electron chi connectivity index (χ2n) is 5.14. The van der Waals surface area contributed by atoms with Gasteiger partial charge in [0.25, 0.3) is 0 Å². The summed E-state index contributed by atoms with van der Waals surface area (Å²) in [5.74, 6) is -0.519. The van der Waals surface area contributed by atoms with E-state index in [0.29, 0.717) is 12.2 Å². The summed E-state index contributed by atoms with van der Waals surface area (Å²) in [5.41, 5.74) is 2.73. The predicted octanol–water partition coefficient (Wildman–Crippen LogP) is 4.61. The van der Waals surface area contributed by atoms with Gasteiger partial charge < -0.3 is 4.74 Å². The molecule has 0 bridgehead atoms. The molecular weight excluding hydrogens is 287 g/mol. The molecular formula is C17H17FO2S. The topological polar surface area (TPSA) is 26.3 Å². The SMILES string of the molecule is CCOC(=O)c1c(-c2ccc(F)cc2)sc2c1CCCC2. The number of carbonyl (C=O) groups is 1. The Hall–Kier alpha value is -1.68. The van der Waals surface area contributed by atoms with Gasteiger partial charge in [-0.25, -0.2) is 9.18 Å². The Balaban J connectivity index is 2.12. The highest BCUT2D eigenvalue weighted by molar-refractivity contribution is 7.16. The lowest BCUT2D eigenvalue weighted by Gasteiger charge is -2.12. The molecule has 0 saturated carbocycles. The van der Waals surface area contributed by atoms with Crippen molar-refractivity contribution in [3.8, 4) is 10.4 Å². The number of esters is 1. The third-order valence-corrected chi connectivity index (χ3v) is 5.10. The van der Waals surface area contributed by atoms with E-state index in [0.717, 1.165) is 35.3 Å². The molecule has 0 atom stereocenters. The van der Waals surface area contributed by atoms with Crippen LogP contribution in [0.2, 0.25) is 0 Å². The first kappa shape index (κ1) is 14.3. The number of hydrogen-bond acceptors (Lipinski definition) is 3. The minimum atomic E-state index is -0.266. The normalized spacial score (nSPS) is 13.8. The molecule has 2 nitrogen and oxygen atoms in total. The molecule has 1 aromatic heterocycles. The summed E-state index contributed by atoms with van der Waals surface area (Å²) in [4.78, 5) is 14.5. The van der Waals surface area contributed by atoms with E-state index >= 15 is 0 Å². The second-order valence-corrected chi connectivity index (χ2v) is 6.25. The zero-order chi connectivity index (χ0) is 14.8. The largest absolute Gasteiger partial charge is 0.462 e. The maximum atomic E-state index is 13.1. The summed E-state index contributed by atoms with van der Waals surface area (Å²) in [7, 11) is 0. The van der Waals surface area contributed by atoms with Crippen LogP contribution >= 0.6 is 11.3 Å². The Morgan fingerprint density at radius 2 is 1.95 bits per heavy atom. The third-order valence-electron chi connectivity index (χ3n) is 3.76. The first-order valence-electron chi connectivity index (χ1n) is 7.28. The maximum absolute atomic E-state index is 13.1. The van der Waals surface area contributed by atoms with Crippen LogP contribution in [0.25, 0.3) is 10.4 Å². The van der Waals surface area contributed by atoms with Crippen LogP contribution in [-0.4, -0.2) is 12.6 Å². The molecule has 110 valence electrons. The molecule has 4 heteroatoms. The standard InChI is InChI=1S/C17H17FO2S/c1-2-20-17(19)15-13-5-3-4-6-14(13)21-16(15)11-7-9-12(18)10-8-11/h7-10H,2-6H2,1H3. The quantitative estimate of drug-likeness (QED) is 0.774. The lowest BCUT2D eigenvalue weighted by molar-refractivity contribution is 0.0526. The molecule has 3 rings (SSSR count). The van der Waals surface area contributed by atoms with Gasteiger partial charge in [-0.15, -0.1) is 11.3 Å². The van der Waals surface area contributed by atoms with E-state index in [2.05, 4.69) is 0 Å². The van der Waals surface area contributed by atoms with Gasteiger partial charge in [-0.1, -0.05) is 12.1 Å². The zero-order valence-corrected chi connectivity index (χ0v) is 12.8. The third kappa shape index (κ3) is 2.72. The van der Waals surface area contributed by atoms with Crippen LogP contribution in [0.1, 0.15) is 40.6 Å². The highest BCUT2D eigenvalue weighted by Crippen LogP contribution is 2.40. The summed E-state index contributed by atoms with van der Waals surface area (Å²) in [6, 6.07) is 6.33. The Bertz CT molecular complexity index is 658. The Kier molecular flexibility index (Phi) is 4.06. The van der Waals surface area contributed by atoms with Gasteiger partial charge in [0.2, 0.25) is 0 Å². The molecule has 1 aliphatic rings. The molecule has 0 unspecified atom stereocenters. The molecule has 1 heterocycles. The fraction of sp³-hybridized carbons (Fsp3) is 0.353. The summed E-state index contributed by atoms with van der Waals surface area (Å²) < 4.78 is 18.4. The van der Waals surface area contributed by atoms with E-state index in [1.54, 1.807) is 23.5 Å². The van der Waals surface area contributed by atoms with Crippen molar-refractivity contribution in [3.63, 3.8) is 0 Å². The lowest BCUT2D eigenvalue weighted by Crippen LogP contribution is -2.10. The van der Waals surface area contributed by atoms with Gasteiger partial charge in [-0.2, -0.15) is 0 Å². The summed E-state index contributed by atoms with van der Waals surface area (Å²) in [6.07, 6.45) is 4.23. The zero-order valence-electron chi connectivity index (χ0n) is 11.9. The monoisotopic (exact) mass is 304 g/mol. The highest BCUT2D eigenvalue weighted by atomic mass is 32.1. The summed E-state index contributed by atoms with van der Waals surface area (Å²) >= 11 is 1.65. The molecule has 0 spiro atoms. The van der Waals surface area contributed by atoms with Gasteiger partial charge in [0.1, 0.15) is 5.82 Å². The van der Waals surface area contributed by atoms with Crippen LogP contribution in [0.5, 0.6) is 0 Å². The maximum Gasteiger partial charge on any atom is 0.339 e. The van der Waals surface area contributed by atoms with Crippen LogP contribution in [0.15, 0.2) is 24.3 Å². The Labute approximate surface area is 127 Å². The number of halogens is 1. The van der Waals surface area contributed by atoms with Crippen molar-refractivity contribution in [1.29, 1.82) is 0 Å². The molecule has 0 saturated heterocycles. The summed E-state index contributed by atoms with van der Waals surface area (Å²) in [6.45, 7) is 2.18. The van der Waals surface area contributed by atoms with Gasteiger partial charge in [0.15, 0.2) is 0 Å². The number of ether oxygens (including phenoxy) is 1. The molecule has 0 fully saturated rings. The van der Waals surface area contributed by atoms with Crippen LogP contribution in [0, 0.1) is 5.82 Å². The van der Waals surface area contributed by atoms with Crippen molar-refractivity contribution < 1.29 is 13.9 Å². The predicted molar refractivity (Wildman–Crippen MR) is 82.3 cm³/mol. The first-order chi connectivity index (χ1) is 10.2. The van der Waals surface area contributed by atoms with Gasteiger partial charge in [0.05, 0.1) is 12.2 Å². The van der Waals surface area contributed by atoms with E-state index in [-0.39, 0.29) is 11.8 Å². The highest BCUT2D eigenvalue weighted by Gasteiger charge is 2.26. The van der Waals surface area contributed by atoms with Gasteiger partial charge >= 0.3 is 5.97 Å². The van der Waals surface area contributed by atoms with Gasteiger partial charge in [0, 0.05) is 9.75 Å². The number of benzene rings is 1. The molecule has 0 N–H and O–H groups in total. The van der Waals surface area contributed by atoms with Crippen LogP contribution in [0.4, 0.5) is 4.39 Å². The van der Waals surface area contributed by atoms with E-state index in [9.17, 15) is 9.18 Å². The fourth-order valence-corrected chi connectivity index (χ4v) is 4.17. The van der Waals surface area contributed by atoms with Crippen molar-refractivity contribution in [2.24, 2.45) is 0 Å². The minimum absolute atomic E-state index is 0.253. The Morgan fingerprint density at radius 3 is 2.67 bits per heavy atom. The second kappa shape index (κ2) is 5.98. The number of thiophene rings is 1. The van der Waals surface area contributed by atoms with Crippen LogP contribution in [-0.2, 0) is 17.6 Å². The Morgan fingerprint density at radius 1 is 1.24 bits per heavy atom. The van der Waals surface area contributed by atoms with Gasteiger partial charge in [-0.05, 0) is 55.9 Å². The molecule has 0 amide bonds. The average Bonchev–Trinajstić information content (AvgIpc) is 2.87. The molecule has 21 heavy (non-hydrogen) atoms. The molecule has 1 aliphatic carbocycles. The number of aryl methyl sites for hydroxylation is 1. The summed E-state index contributed by atoms with van der Waals surface area (Å²) in [5, 5.41) is 0. The molecule has 0 radical (unpaired) electrons. The van der Waals surface area contributed by atoms with Crippen LogP contribution < -0.4 is 0 Å². The van der Waals surface area contributed by atoms with Crippen molar-refractivity contribution in [3.05, 3.63) is 46.1 Å².